The minimum absolute atomic E-state index is 0.110. The fourth-order valence-corrected chi connectivity index (χ4v) is 3.28. The van der Waals surface area contributed by atoms with Gasteiger partial charge in [-0.1, -0.05) is 36.4 Å². The van der Waals surface area contributed by atoms with E-state index >= 15 is 0 Å². The molecule has 1 heteroatoms. The predicted octanol–water partition coefficient (Wildman–Crippen LogP) is 3.60. The molecule has 16 heavy (non-hydrogen) atoms. The van der Waals surface area contributed by atoms with Gasteiger partial charge in [0.15, 0.2) is 0 Å². The van der Waals surface area contributed by atoms with Crippen LogP contribution in [0.4, 0.5) is 0 Å². The largest absolute Gasteiger partial charge is 0.299 e. The lowest BCUT2D eigenvalue weighted by molar-refractivity contribution is -0.123. The fourth-order valence-electron chi connectivity index (χ4n) is 3.28. The number of benzene rings is 1. The molecule has 1 nitrogen and oxygen atoms in total. The van der Waals surface area contributed by atoms with E-state index in [0.29, 0.717) is 5.78 Å². The van der Waals surface area contributed by atoms with Crippen LogP contribution in [0, 0.1) is 5.41 Å². The SMILES string of the molecule is O=C1CCC[C@]12CCC=C2c1ccccc1. The zero-order valence-electron chi connectivity index (χ0n) is 9.41. The third-order valence-corrected chi connectivity index (χ3v) is 4.06. The quantitative estimate of drug-likeness (QED) is 0.695. The van der Waals surface area contributed by atoms with E-state index in [4.69, 9.17) is 0 Å². The molecule has 1 aromatic rings. The molecule has 0 N–H and O–H groups in total. The van der Waals surface area contributed by atoms with Crippen molar-refractivity contribution in [1.82, 2.24) is 0 Å². The topological polar surface area (TPSA) is 17.1 Å². The van der Waals surface area contributed by atoms with Gasteiger partial charge in [0.05, 0.1) is 5.41 Å². The molecule has 1 fully saturated rings. The van der Waals surface area contributed by atoms with Crippen molar-refractivity contribution in [2.75, 3.05) is 0 Å². The first-order valence-electron chi connectivity index (χ1n) is 6.12. The number of hydrogen-bond acceptors (Lipinski definition) is 1. The minimum Gasteiger partial charge on any atom is -0.299 e. The average molecular weight is 212 g/mol. The lowest BCUT2D eigenvalue weighted by Gasteiger charge is -2.25. The highest BCUT2D eigenvalue weighted by molar-refractivity contribution is 6.00. The van der Waals surface area contributed by atoms with Crippen LogP contribution in [0.2, 0.25) is 0 Å². The molecular weight excluding hydrogens is 196 g/mol. The van der Waals surface area contributed by atoms with Gasteiger partial charge in [0.2, 0.25) is 0 Å². The molecule has 0 amide bonds. The first-order chi connectivity index (χ1) is 7.83. The Bertz CT molecular complexity index is 444. The maximum absolute atomic E-state index is 12.1. The molecule has 1 aromatic carbocycles. The van der Waals surface area contributed by atoms with Crippen molar-refractivity contribution in [3.63, 3.8) is 0 Å². The van der Waals surface area contributed by atoms with Crippen molar-refractivity contribution in [1.29, 1.82) is 0 Å². The Labute approximate surface area is 96.2 Å². The Morgan fingerprint density at radius 2 is 1.88 bits per heavy atom. The van der Waals surface area contributed by atoms with E-state index in [1.165, 1.54) is 11.1 Å². The van der Waals surface area contributed by atoms with Gasteiger partial charge in [-0.15, -0.1) is 0 Å². The molecule has 2 aliphatic carbocycles. The van der Waals surface area contributed by atoms with Gasteiger partial charge >= 0.3 is 0 Å². The third kappa shape index (κ3) is 1.27. The van der Waals surface area contributed by atoms with Crippen molar-refractivity contribution in [3.8, 4) is 0 Å². The number of allylic oxidation sites excluding steroid dienone is 2. The van der Waals surface area contributed by atoms with E-state index < -0.39 is 0 Å². The molecule has 0 saturated heterocycles. The fraction of sp³-hybridized carbons (Fsp3) is 0.400. The van der Waals surface area contributed by atoms with Crippen LogP contribution in [0.1, 0.15) is 37.7 Å². The average Bonchev–Trinajstić information content (AvgIpc) is 2.90. The van der Waals surface area contributed by atoms with Crippen LogP contribution in [-0.2, 0) is 4.79 Å². The summed E-state index contributed by atoms with van der Waals surface area (Å²) in [5, 5.41) is 0. The number of hydrogen-bond donors (Lipinski definition) is 0. The summed E-state index contributed by atoms with van der Waals surface area (Å²) >= 11 is 0. The number of carbonyl (C=O) groups is 1. The second-order valence-electron chi connectivity index (χ2n) is 4.88. The minimum atomic E-state index is -0.110. The van der Waals surface area contributed by atoms with Crippen LogP contribution < -0.4 is 0 Å². The summed E-state index contributed by atoms with van der Waals surface area (Å²) in [6.07, 6.45) is 7.30. The maximum atomic E-state index is 12.1. The van der Waals surface area contributed by atoms with E-state index in [2.05, 4.69) is 30.3 Å². The first kappa shape index (κ1) is 9.83. The van der Waals surface area contributed by atoms with E-state index in [1.54, 1.807) is 0 Å². The molecule has 0 unspecified atom stereocenters. The van der Waals surface area contributed by atoms with Gasteiger partial charge in [-0.3, -0.25) is 4.79 Å². The standard InChI is InChI=1S/C15H16O/c16-14-9-5-11-15(14)10-4-8-13(15)12-6-2-1-3-7-12/h1-3,6-8H,4-5,9-11H2/t15-/m0/s1. The summed E-state index contributed by atoms with van der Waals surface area (Å²) in [4.78, 5) is 12.1. The summed E-state index contributed by atoms with van der Waals surface area (Å²) in [5.74, 6) is 0.472. The van der Waals surface area contributed by atoms with Crippen molar-refractivity contribution in [2.45, 2.75) is 32.1 Å². The molecule has 2 aliphatic rings. The molecule has 1 atom stereocenters. The van der Waals surface area contributed by atoms with Crippen LogP contribution in [-0.4, -0.2) is 5.78 Å². The van der Waals surface area contributed by atoms with E-state index in [9.17, 15) is 4.79 Å². The van der Waals surface area contributed by atoms with Crippen molar-refractivity contribution < 1.29 is 4.79 Å². The number of Topliss-reactive ketones (excluding diaryl/α,β-unsaturated/α-hetero) is 1. The lowest BCUT2D eigenvalue weighted by atomic mass is 9.76. The molecule has 0 bridgehead atoms. The van der Waals surface area contributed by atoms with Gasteiger partial charge in [-0.2, -0.15) is 0 Å². The summed E-state index contributed by atoms with van der Waals surface area (Å²) < 4.78 is 0. The number of ketones is 1. The second kappa shape index (κ2) is 3.58. The second-order valence-corrected chi connectivity index (χ2v) is 4.88. The van der Waals surface area contributed by atoms with Gasteiger partial charge in [0.1, 0.15) is 5.78 Å². The molecule has 3 rings (SSSR count). The smallest absolute Gasteiger partial charge is 0.143 e. The Balaban J connectivity index is 2.05. The molecule has 0 aliphatic heterocycles. The van der Waals surface area contributed by atoms with Crippen molar-refractivity contribution >= 4 is 11.4 Å². The highest BCUT2D eigenvalue weighted by Crippen LogP contribution is 2.52. The zero-order valence-corrected chi connectivity index (χ0v) is 9.41. The number of carbonyl (C=O) groups excluding carboxylic acids is 1. The number of rotatable bonds is 1. The predicted molar refractivity (Wildman–Crippen MR) is 64.9 cm³/mol. The van der Waals surface area contributed by atoms with Crippen LogP contribution in [0.5, 0.6) is 0 Å². The lowest BCUT2D eigenvalue weighted by Crippen LogP contribution is -2.24. The van der Waals surface area contributed by atoms with Crippen LogP contribution >= 0.6 is 0 Å². The van der Waals surface area contributed by atoms with Crippen LogP contribution in [0.3, 0.4) is 0 Å². The van der Waals surface area contributed by atoms with Crippen molar-refractivity contribution in [3.05, 3.63) is 42.0 Å². The Morgan fingerprint density at radius 3 is 2.56 bits per heavy atom. The Kier molecular flexibility index (Phi) is 2.20. The summed E-state index contributed by atoms with van der Waals surface area (Å²) in [6.45, 7) is 0. The van der Waals surface area contributed by atoms with Gasteiger partial charge in [-0.05, 0) is 36.8 Å². The van der Waals surface area contributed by atoms with Gasteiger partial charge in [0.25, 0.3) is 0 Å². The Morgan fingerprint density at radius 1 is 1.06 bits per heavy atom. The van der Waals surface area contributed by atoms with Gasteiger partial charge < -0.3 is 0 Å². The van der Waals surface area contributed by atoms with Crippen LogP contribution in [0.15, 0.2) is 36.4 Å². The molecule has 82 valence electrons. The van der Waals surface area contributed by atoms with Gasteiger partial charge in [-0.25, -0.2) is 0 Å². The highest BCUT2D eigenvalue weighted by Gasteiger charge is 2.46. The van der Waals surface area contributed by atoms with E-state index in [1.807, 2.05) is 6.07 Å². The molecule has 1 spiro atoms. The normalized spacial score (nSPS) is 28.8. The first-order valence-corrected chi connectivity index (χ1v) is 6.12. The molecule has 0 radical (unpaired) electrons. The van der Waals surface area contributed by atoms with Gasteiger partial charge in [0, 0.05) is 6.42 Å². The Hall–Kier alpha value is -1.37. The van der Waals surface area contributed by atoms with E-state index in [0.717, 1.165) is 32.1 Å². The molecule has 0 aromatic heterocycles. The van der Waals surface area contributed by atoms with Crippen LogP contribution in [0.25, 0.3) is 5.57 Å². The summed E-state index contributed by atoms with van der Waals surface area (Å²) in [6, 6.07) is 10.4. The maximum Gasteiger partial charge on any atom is 0.143 e. The monoisotopic (exact) mass is 212 g/mol. The summed E-state index contributed by atoms with van der Waals surface area (Å²) in [7, 11) is 0. The molecule has 0 heterocycles. The summed E-state index contributed by atoms with van der Waals surface area (Å²) in [5.41, 5.74) is 2.44. The van der Waals surface area contributed by atoms with E-state index in [-0.39, 0.29) is 5.41 Å². The molecular formula is C15H16O. The van der Waals surface area contributed by atoms with Crippen molar-refractivity contribution in [2.24, 2.45) is 5.41 Å². The molecule has 1 saturated carbocycles. The highest BCUT2D eigenvalue weighted by atomic mass is 16.1. The zero-order chi connectivity index (χ0) is 11.0. The third-order valence-electron chi connectivity index (χ3n) is 4.06.